The molecule has 1 saturated carbocycles. The predicted octanol–water partition coefficient (Wildman–Crippen LogP) is 1.44. The minimum Gasteiger partial charge on any atom is -0.365 e. The number of halogens is 1. The summed E-state index contributed by atoms with van der Waals surface area (Å²) in [7, 11) is 0. The fraction of sp³-hybridized carbons (Fsp3) is 0.444. The van der Waals surface area contributed by atoms with Crippen LogP contribution in [-0.4, -0.2) is 40.6 Å². The highest BCUT2D eigenvalue weighted by molar-refractivity contribution is 9.10. The Labute approximate surface area is 164 Å². The molecule has 2 aliphatic rings. The number of primary amides is 1. The van der Waals surface area contributed by atoms with Gasteiger partial charge in [-0.1, -0.05) is 6.92 Å². The van der Waals surface area contributed by atoms with Crippen molar-refractivity contribution in [2.24, 2.45) is 17.1 Å². The maximum atomic E-state index is 13.5. The van der Waals surface area contributed by atoms with Crippen molar-refractivity contribution in [3.8, 4) is 6.07 Å². The summed E-state index contributed by atoms with van der Waals surface area (Å²) >= 11 is 3.42. The van der Waals surface area contributed by atoms with E-state index in [4.69, 9.17) is 5.73 Å². The molecule has 1 saturated heterocycles. The van der Waals surface area contributed by atoms with E-state index in [-0.39, 0.29) is 23.4 Å². The summed E-state index contributed by atoms with van der Waals surface area (Å²) in [6.45, 7) is 3.39. The van der Waals surface area contributed by atoms with E-state index in [2.05, 4.69) is 32.4 Å². The molecule has 1 aliphatic heterocycles. The second kappa shape index (κ2) is 6.32. The zero-order valence-corrected chi connectivity index (χ0v) is 16.4. The van der Waals surface area contributed by atoms with Gasteiger partial charge in [-0.2, -0.15) is 10.4 Å². The van der Waals surface area contributed by atoms with Crippen LogP contribution in [0.5, 0.6) is 0 Å². The highest BCUT2D eigenvalue weighted by Crippen LogP contribution is 2.48. The Morgan fingerprint density at radius 3 is 2.78 bits per heavy atom. The molecule has 1 aliphatic carbocycles. The van der Waals surface area contributed by atoms with E-state index in [9.17, 15) is 14.9 Å². The topological polar surface area (TPSA) is 117 Å². The first-order valence-electron chi connectivity index (χ1n) is 8.80. The molecule has 8 nitrogen and oxygen atoms in total. The molecule has 2 fully saturated rings. The summed E-state index contributed by atoms with van der Waals surface area (Å²) in [5.41, 5.74) is 5.81. The van der Waals surface area contributed by atoms with Crippen molar-refractivity contribution in [3.63, 3.8) is 0 Å². The van der Waals surface area contributed by atoms with Crippen molar-refractivity contribution in [1.29, 1.82) is 5.26 Å². The molecule has 4 rings (SSSR count). The minimum absolute atomic E-state index is 0.163. The number of hydrogen-bond acceptors (Lipinski definition) is 5. The van der Waals surface area contributed by atoms with Gasteiger partial charge in [-0.05, 0) is 47.3 Å². The average Bonchev–Trinajstić information content (AvgIpc) is 3.19. The maximum absolute atomic E-state index is 13.5. The molecule has 2 atom stereocenters. The van der Waals surface area contributed by atoms with E-state index in [1.54, 1.807) is 21.7 Å². The largest absolute Gasteiger partial charge is 0.365 e. The first-order valence-corrected chi connectivity index (χ1v) is 9.59. The third-order valence-corrected chi connectivity index (χ3v) is 5.92. The van der Waals surface area contributed by atoms with E-state index in [1.165, 1.54) is 6.20 Å². The summed E-state index contributed by atoms with van der Waals surface area (Å²) in [4.78, 5) is 27.3. The molecule has 140 valence electrons. The van der Waals surface area contributed by atoms with Crippen LogP contribution in [0.3, 0.4) is 0 Å². The average molecular weight is 431 g/mol. The number of rotatable bonds is 4. The van der Waals surface area contributed by atoms with Gasteiger partial charge in [0.2, 0.25) is 5.91 Å². The van der Waals surface area contributed by atoms with Crippen LogP contribution in [0.4, 0.5) is 5.69 Å². The van der Waals surface area contributed by atoms with Gasteiger partial charge in [0.1, 0.15) is 5.41 Å². The number of carbonyl (C=O) groups is 2. The Bertz CT molecular complexity index is 990. The smallest absolute Gasteiger partial charge is 0.252 e. The van der Waals surface area contributed by atoms with Gasteiger partial charge < -0.3 is 16.0 Å². The Morgan fingerprint density at radius 2 is 2.22 bits per heavy atom. The van der Waals surface area contributed by atoms with Crippen LogP contribution in [0.1, 0.15) is 30.1 Å². The second-order valence-corrected chi connectivity index (χ2v) is 8.25. The molecule has 3 N–H and O–H groups in total. The number of hydrogen-bond donors (Lipinski definition) is 2. The minimum atomic E-state index is -1.01. The normalized spacial score (nSPS) is 23.1. The second-order valence-electron chi connectivity index (χ2n) is 7.33. The molecule has 2 amide bonds. The molecule has 27 heavy (non-hydrogen) atoms. The van der Waals surface area contributed by atoms with E-state index in [1.807, 2.05) is 6.92 Å². The van der Waals surface area contributed by atoms with Crippen LogP contribution in [0, 0.1) is 22.7 Å². The lowest BCUT2D eigenvalue weighted by atomic mass is 9.98. The van der Waals surface area contributed by atoms with Crippen molar-refractivity contribution >= 4 is 38.9 Å². The summed E-state index contributed by atoms with van der Waals surface area (Å²) in [6, 6.07) is 3.80. The molecular weight excluding hydrogens is 412 g/mol. The van der Waals surface area contributed by atoms with Gasteiger partial charge >= 0.3 is 0 Å². The molecule has 0 spiro atoms. The summed E-state index contributed by atoms with van der Waals surface area (Å²) in [5.74, 6) is -0.759. The summed E-state index contributed by atoms with van der Waals surface area (Å²) in [5, 5.41) is 17.1. The predicted molar refractivity (Wildman–Crippen MR) is 102 cm³/mol. The highest BCUT2D eigenvalue weighted by atomic mass is 79.9. The van der Waals surface area contributed by atoms with Crippen LogP contribution in [0.15, 0.2) is 22.9 Å². The standard InChI is InChI=1S/C18H19BrN6O2/c1-10-5-22-7-14(10)25(17(27)18(9-20)2-3-18)15-12(16(21)26)6-23-24-8-11(19)4-13(15)24/h4,6,8,10,14,22H,2-3,5,7H2,1H3,(H2,21,26)/t10-,14+/m0/s1. The molecule has 0 aromatic carbocycles. The number of nitriles is 1. The first-order chi connectivity index (χ1) is 12.9. The number of nitrogens with zero attached hydrogens (tertiary/aromatic N) is 4. The summed E-state index contributed by atoms with van der Waals surface area (Å²) in [6.07, 6.45) is 4.20. The Morgan fingerprint density at radius 1 is 1.48 bits per heavy atom. The van der Waals surface area contributed by atoms with Crippen molar-refractivity contribution < 1.29 is 9.59 Å². The van der Waals surface area contributed by atoms with Crippen molar-refractivity contribution in [3.05, 3.63) is 28.5 Å². The Kier molecular flexibility index (Phi) is 4.20. The van der Waals surface area contributed by atoms with Crippen molar-refractivity contribution in [1.82, 2.24) is 14.9 Å². The molecule has 0 radical (unpaired) electrons. The third kappa shape index (κ3) is 2.80. The molecule has 9 heteroatoms. The first kappa shape index (κ1) is 17.9. The Balaban J connectivity index is 1.97. The maximum Gasteiger partial charge on any atom is 0.252 e. The van der Waals surface area contributed by atoms with Crippen LogP contribution in [-0.2, 0) is 4.79 Å². The lowest BCUT2D eigenvalue weighted by Gasteiger charge is -2.34. The van der Waals surface area contributed by atoms with Gasteiger partial charge in [-0.25, -0.2) is 4.52 Å². The van der Waals surface area contributed by atoms with Crippen molar-refractivity contribution in [2.75, 3.05) is 18.0 Å². The quantitative estimate of drug-likeness (QED) is 0.760. The van der Waals surface area contributed by atoms with Crippen LogP contribution in [0.2, 0.25) is 0 Å². The van der Waals surface area contributed by atoms with E-state index < -0.39 is 11.3 Å². The number of amides is 2. The molecule has 2 aromatic heterocycles. The zero-order valence-electron chi connectivity index (χ0n) is 14.8. The number of nitrogens with two attached hydrogens (primary N) is 1. The highest BCUT2D eigenvalue weighted by Gasteiger charge is 2.55. The third-order valence-electron chi connectivity index (χ3n) is 5.48. The monoisotopic (exact) mass is 430 g/mol. The van der Waals surface area contributed by atoms with E-state index >= 15 is 0 Å². The van der Waals surface area contributed by atoms with Gasteiger partial charge in [0.25, 0.3) is 5.91 Å². The molecule has 3 heterocycles. The zero-order chi connectivity index (χ0) is 19.3. The molecular formula is C18H19BrN6O2. The lowest BCUT2D eigenvalue weighted by Crippen LogP contribution is -2.48. The van der Waals surface area contributed by atoms with Crippen molar-refractivity contribution in [2.45, 2.75) is 25.8 Å². The molecule has 0 bridgehead atoms. The van der Waals surface area contributed by atoms with Gasteiger partial charge in [-0.15, -0.1) is 0 Å². The van der Waals surface area contributed by atoms with Gasteiger partial charge in [0.15, 0.2) is 0 Å². The number of carbonyl (C=O) groups excluding carboxylic acids is 2. The van der Waals surface area contributed by atoms with Crippen LogP contribution in [0.25, 0.3) is 5.52 Å². The van der Waals surface area contributed by atoms with E-state index in [0.29, 0.717) is 30.6 Å². The summed E-state index contributed by atoms with van der Waals surface area (Å²) < 4.78 is 2.37. The molecule has 0 unspecified atom stereocenters. The number of aromatic nitrogens is 2. The lowest BCUT2D eigenvalue weighted by molar-refractivity contribution is -0.122. The Hall–Kier alpha value is -2.44. The van der Waals surface area contributed by atoms with Gasteiger partial charge in [-0.3, -0.25) is 9.59 Å². The molecule has 2 aromatic rings. The van der Waals surface area contributed by atoms with Gasteiger partial charge in [0, 0.05) is 17.2 Å². The van der Waals surface area contributed by atoms with Crippen LogP contribution < -0.4 is 16.0 Å². The van der Waals surface area contributed by atoms with Gasteiger partial charge in [0.05, 0.1) is 35.1 Å². The number of anilines is 1. The van der Waals surface area contributed by atoms with E-state index in [0.717, 1.165) is 11.0 Å². The fourth-order valence-electron chi connectivity index (χ4n) is 3.73. The van der Waals surface area contributed by atoms with Crippen LogP contribution >= 0.6 is 15.9 Å². The SMILES string of the molecule is C[C@H]1CNC[C@H]1N(C(=O)C1(C#N)CC1)c1c(C(N)=O)cnn2cc(Br)cc12. The fourth-order valence-corrected chi connectivity index (χ4v) is 4.15. The number of fused-ring (bicyclic) bond motifs is 1. The number of nitrogens with one attached hydrogen (secondary N) is 1.